The summed E-state index contributed by atoms with van der Waals surface area (Å²) in [6.45, 7) is 4.29. The lowest BCUT2D eigenvalue weighted by Crippen LogP contribution is -1.96. The Labute approximate surface area is 142 Å². The molecule has 0 bridgehead atoms. The molecular formula is C19H16Br2. The fourth-order valence-electron chi connectivity index (χ4n) is 2.78. The largest absolute Gasteiger partial charge is 0.0786 e. The molecule has 1 unspecified atom stereocenters. The Balaban J connectivity index is 2.18. The van der Waals surface area contributed by atoms with Gasteiger partial charge in [0.05, 0.1) is 4.83 Å². The minimum Gasteiger partial charge on any atom is -0.0786 e. The van der Waals surface area contributed by atoms with E-state index in [1.54, 1.807) is 0 Å². The van der Waals surface area contributed by atoms with Crippen LogP contribution in [0.2, 0.25) is 0 Å². The van der Waals surface area contributed by atoms with E-state index in [9.17, 15) is 0 Å². The number of rotatable bonds is 2. The second kappa shape index (κ2) is 5.94. The predicted molar refractivity (Wildman–Crippen MR) is 98.3 cm³/mol. The van der Waals surface area contributed by atoms with E-state index in [-0.39, 0.29) is 4.83 Å². The highest BCUT2D eigenvalue weighted by molar-refractivity contribution is 9.10. The zero-order chi connectivity index (χ0) is 15.0. The second-order valence-electron chi connectivity index (χ2n) is 5.44. The Bertz CT molecular complexity index is 786. The summed E-state index contributed by atoms with van der Waals surface area (Å²) >= 11 is 7.48. The van der Waals surface area contributed by atoms with Gasteiger partial charge in [-0.25, -0.2) is 0 Å². The highest BCUT2D eigenvalue weighted by Gasteiger charge is 2.15. The van der Waals surface area contributed by atoms with Crippen LogP contribution in [-0.2, 0) is 0 Å². The van der Waals surface area contributed by atoms with Crippen LogP contribution in [0.15, 0.2) is 59.1 Å². The Morgan fingerprint density at radius 1 is 0.857 bits per heavy atom. The van der Waals surface area contributed by atoms with E-state index in [1.807, 2.05) is 0 Å². The van der Waals surface area contributed by atoms with Crippen LogP contribution in [0.25, 0.3) is 10.8 Å². The van der Waals surface area contributed by atoms with E-state index < -0.39 is 0 Å². The molecule has 0 nitrogen and oxygen atoms in total. The minimum absolute atomic E-state index is 0.194. The molecule has 0 spiro atoms. The Morgan fingerprint density at radius 3 is 2.29 bits per heavy atom. The molecule has 0 aliphatic heterocycles. The molecule has 0 heterocycles. The molecule has 0 radical (unpaired) electrons. The number of alkyl halides is 1. The van der Waals surface area contributed by atoms with Gasteiger partial charge in [-0.15, -0.1) is 0 Å². The van der Waals surface area contributed by atoms with Crippen LogP contribution in [0.3, 0.4) is 0 Å². The molecule has 0 aliphatic rings. The molecule has 0 fully saturated rings. The van der Waals surface area contributed by atoms with Crippen molar-refractivity contribution in [1.29, 1.82) is 0 Å². The van der Waals surface area contributed by atoms with Crippen molar-refractivity contribution < 1.29 is 0 Å². The minimum atomic E-state index is 0.194. The topological polar surface area (TPSA) is 0 Å². The van der Waals surface area contributed by atoms with Crippen LogP contribution in [0.4, 0.5) is 0 Å². The van der Waals surface area contributed by atoms with Crippen molar-refractivity contribution in [3.05, 3.63) is 81.3 Å². The predicted octanol–water partition coefficient (Wildman–Crippen LogP) is 6.70. The molecule has 0 N–H and O–H groups in total. The highest BCUT2D eigenvalue weighted by Crippen LogP contribution is 2.37. The van der Waals surface area contributed by atoms with Crippen molar-refractivity contribution in [2.75, 3.05) is 0 Å². The molecule has 21 heavy (non-hydrogen) atoms. The summed E-state index contributed by atoms with van der Waals surface area (Å²) in [6, 6.07) is 19.6. The molecule has 3 rings (SSSR count). The molecule has 0 saturated carbocycles. The third-order valence-corrected chi connectivity index (χ3v) is 5.29. The zero-order valence-corrected chi connectivity index (χ0v) is 15.2. The van der Waals surface area contributed by atoms with Crippen molar-refractivity contribution in [2.45, 2.75) is 18.7 Å². The van der Waals surface area contributed by atoms with Crippen LogP contribution in [0, 0.1) is 13.8 Å². The van der Waals surface area contributed by atoms with Crippen molar-refractivity contribution in [3.63, 3.8) is 0 Å². The Morgan fingerprint density at radius 2 is 1.57 bits per heavy atom. The number of halogens is 2. The van der Waals surface area contributed by atoms with Crippen molar-refractivity contribution in [1.82, 2.24) is 0 Å². The van der Waals surface area contributed by atoms with E-state index in [1.165, 1.54) is 33.0 Å². The molecule has 2 heteroatoms. The van der Waals surface area contributed by atoms with Crippen molar-refractivity contribution in [3.8, 4) is 0 Å². The summed E-state index contributed by atoms with van der Waals surface area (Å²) in [6.07, 6.45) is 0. The lowest BCUT2D eigenvalue weighted by Gasteiger charge is -2.16. The summed E-state index contributed by atoms with van der Waals surface area (Å²) in [7, 11) is 0. The van der Waals surface area contributed by atoms with Crippen LogP contribution in [0.1, 0.15) is 27.1 Å². The first kappa shape index (κ1) is 14.8. The van der Waals surface area contributed by atoms with Gasteiger partial charge in [0.25, 0.3) is 0 Å². The average Bonchev–Trinajstić information content (AvgIpc) is 2.46. The second-order valence-corrected chi connectivity index (χ2v) is 7.27. The third kappa shape index (κ3) is 2.93. The summed E-state index contributed by atoms with van der Waals surface area (Å²) in [5.41, 5.74) is 5.17. The number of aryl methyl sites for hydroxylation is 2. The number of hydrogen-bond donors (Lipinski definition) is 0. The van der Waals surface area contributed by atoms with Gasteiger partial charge >= 0.3 is 0 Å². The molecule has 106 valence electrons. The van der Waals surface area contributed by atoms with E-state index in [4.69, 9.17) is 0 Å². The van der Waals surface area contributed by atoms with Gasteiger partial charge in [-0.3, -0.25) is 0 Å². The quantitative estimate of drug-likeness (QED) is 0.417. The first-order valence-electron chi connectivity index (χ1n) is 6.95. The maximum atomic E-state index is 3.89. The van der Waals surface area contributed by atoms with E-state index >= 15 is 0 Å². The standard InChI is InChI=1S/C19H16Br2/c1-12-9-14(11-15(20)10-12)19(21)18-8-7-13(2)16-5-3-4-6-17(16)18/h3-11,19H,1-2H3. The molecule has 3 aromatic rings. The summed E-state index contributed by atoms with van der Waals surface area (Å²) < 4.78 is 1.12. The summed E-state index contributed by atoms with van der Waals surface area (Å²) in [4.78, 5) is 0.194. The van der Waals surface area contributed by atoms with E-state index in [2.05, 4.69) is 100 Å². The fourth-order valence-corrected chi connectivity index (χ4v) is 4.07. The lowest BCUT2D eigenvalue weighted by atomic mass is 9.95. The maximum Gasteiger partial charge on any atom is 0.0651 e. The first-order chi connectivity index (χ1) is 10.1. The monoisotopic (exact) mass is 402 g/mol. The van der Waals surface area contributed by atoms with Gasteiger partial charge in [0.2, 0.25) is 0 Å². The van der Waals surface area contributed by atoms with Gasteiger partial charge in [-0.1, -0.05) is 74.3 Å². The first-order valence-corrected chi connectivity index (χ1v) is 8.66. The van der Waals surface area contributed by atoms with Gasteiger partial charge in [-0.05, 0) is 59.0 Å². The lowest BCUT2D eigenvalue weighted by molar-refractivity contribution is 1.18. The van der Waals surface area contributed by atoms with Crippen molar-refractivity contribution in [2.24, 2.45) is 0 Å². The smallest absolute Gasteiger partial charge is 0.0651 e. The fraction of sp³-hybridized carbons (Fsp3) is 0.158. The summed E-state index contributed by atoms with van der Waals surface area (Å²) in [5.74, 6) is 0. The maximum absolute atomic E-state index is 3.89. The summed E-state index contributed by atoms with van der Waals surface area (Å²) in [5, 5.41) is 2.64. The van der Waals surface area contributed by atoms with Gasteiger partial charge < -0.3 is 0 Å². The van der Waals surface area contributed by atoms with Crippen molar-refractivity contribution >= 4 is 42.6 Å². The molecule has 0 saturated heterocycles. The van der Waals surface area contributed by atoms with Gasteiger partial charge in [0, 0.05) is 4.47 Å². The molecule has 0 aromatic heterocycles. The molecule has 0 amide bonds. The van der Waals surface area contributed by atoms with Crippen LogP contribution in [-0.4, -0.2) is 0 Å². The average molecular weight is 404 g/mol. The Kier molecular flexibility index (Phi) is 4.19. The van der Waals surface area contributed by atoms with Crippen LogP contribution >= 0.6 is 31.9 Å². The van der Waals surface area contributed by atoms with Gasteiger partial charge in [0.1, 0.15) is 0 Å². The third-order valence-electron chi connectivity index (χ3n) is 3.81. The SMILES string of the molecule is Cc1cc(Br)cc(C(Br)c2ccc(C)c3ccccc23)c1. The van der Waals surface area contributed by atoms with Crippen LogP contribution in [0.5, 0.6) is 0 Å². The molecule has 1 atom stereocenters. The van der Waals surface area contributed by atoms with Gasteiger partial charge in [0.15, 0.2) is 0 Å². The zero-order valence-electron chi connectivity index (χ0n) is 12.0. The highest BCUT2D eigenvalue weighted by atomic mass is 79.9. The van der Waals surface area contributed by atoms with E-state index in [0.29, 0.717) is 0 Å². The van der Waals surface area contributed by atoms with Crippen LogP contribution < -0.4 is 0 Å². The Hall–Kier alpha value is -1.12. The normalized spacial score (nSPS) is 12.6. The van der Waals surface area contributed by atoms with Gasteiger partial charge in [-0.2, -0.15) is 0 Å². The molecular weight excluding hydrogens is 388 g/mol. The molecule has 3 aromatic carbocycles. The number of fused-ring (bicyclic) bond motifs is 1. The number of benzene rings is 3. The molecule has 0 aliphatic carbocycles. The van der Waals surface area contributed by atoms with E-state index in [0.717, 1.165) is 4.47 Å². The number of hydrogen-bond acceptors (Lipinski definition) is 0.